The van der Waals surface area contributed by atoms with Crippen molar-refractivity contribution in [1.29, 1.82) is 0 Å². The highest BCUT2D eigenvalue weighted by molar-refractivity contribution is 9.10. The molecule has 0 amide bonds. The zero-order valence-corrected chi connectivity index (χ0v) is 11.4. The van der Waals surface area contributed by atoms with Gasteiger partial charge in [0.05, 0.1) is 5.60 Å². The molecule has 1 unspecified atom stereocenters. The van der Waals surface area contributed by atoms with E-state index in [-0.39, 0.29) is 0 Å². The van der Waals surface area contributed by atoms with Crippen LogP contribution in [0.25, 0.3) is 0 Å². The number of thiophene rings is 1. The molecule has 0 radical (unpaired) electrons. The molecule has 0 fully saturated rings. The molecule has 1 nitrogen and oxygen atoms in total. The van der Waals surface area contributed by atoms with Gasteiger partial charge in [-0.1, -0.05) is 34.1 Å². The van der Waals surface area contributed by atoms with Crippen LogP contribution in [0.5, 0.6) is 0 Å². The summed E-state index contributed by atoms with van der Waals surface area (Å²) in [5.41, 5.74) is 0.148. The van der Waals surface area contributed by atoms with Crippen LogP contribution in [-0.2, 0) is 12.0 Å². The zero-order valence-electron chi connectivity index (χ0n) is 8.98. The highest BCUT2D eigenvalue weighted by Gasteiger charge is 2.23. The van der Waals surface area contributed by atoms with Crippen molar-refractivity contribution >= 4 is 27.3 Å². The van der Waals surface area contributed by atoms with E-state index >= 15 is 0 Å². The Kier molecular flexibility index (Phi) is 3.47. The van der Waals surface area contributed by atoms with Crippen molar-refractivity contribution in [2.24, 2.45) is 0 Å². The molecule has 1 atom stereocenters. The molecule has 0 aliphatic rings. The minimum atomic E-state index is -0.800. The standard InChI is InChI=1S/C13H13BrOS/c1-13(15,9-12-3-2-8-16-12)10-4-6-11(14)7-5-10/h2-8,15H,9H2,1H3. The maximum Gasteiger partial charge on any atom is 0.0916 e. The Morgan fingerprint density at radius 2 is 1.94 bits per heavy atom. The van der Waals surface area contributed by atoms with Gasteiger partial charge in [-0.3, -0.25) is 0 Å². The van der Waals surface area contributed by atoms with Crippen molar-refractivity contribution in [3.8, 4) is 0 Å². The molecule has 2 aromatic rings. The normalized spacial score (nSPS) is 14.7. The van der Waals surface area contributed by atoms with Gasteiger partial charge >= 0.3 is 0 Å². The molecule has 0 aliphatic carbocycles. The summed E-state index contributed by atoms with van der Waals surface area (Å²) in [6.07, 6.45) is 0.659. The molecule has 3 heteroatoms. The Morgan fingerprint density at radius 1 is 1.25 bits per heavy atom. The van der Waals surface area contributed by atoms with Crippen LogP contribution in [-0.4, -0.2) is 5.11 Å². The van der Waals surface area contributed by atoms with Crippen molar-refractivity contribution < 1.29 is 5.11 Å². The Balaban J connectivity index is 2.21. The number of hydrogen-bond donors (Lipinski definition) is 1. The molecule has 0 saturated heterocycles. The predicted molar refractivity (Wildman–Crippen MR) is 71.7 cm³/mol. The molecule has 2 rings (SSSR count). The van der Waals surface area contributed by atoms with E-state index in [1.807, 2.05) is 42.6 Å². The molecule has 1 aromatic heterocycles. The van der Waals surface area contributed by atoms with Crippen molar-refractivity contribution in [3.05, 3.63) is 56.7 Å². The minimum Gasteiger partial charge on any atom is -0.385 e. The quantitative estimate of drug-likeness (QED) is 0.909. The summed E-state index contributed by atoms with van der Waals surface area (Å²) in [6.45, 7) is 1.86. The topological polar surface area (TPSA) is 20.2 Å². The molecule has 84 valence electrons. The van der Waals surface area contributed by atoms with Gasteiger partial charge in [-0.15, -0.1) is 11.3 Å². The Labute approximate surface area is 108 Å². The lowest BCUT2D eigenvalue weighted by atomic mass is 9.92. The molecule has 1 N–H and O–H groups in total. The average Bonchev–Trinajstić information content (AvgIpc) is 2.70. The van der Waals surface area contributed by atoms with E-state index in [2.05, 4.69) is 22.0 Å². The van der Waals surface area contributed by atoms with Crippen LogP contribution in [0, 0.1) is 0 Å². The molecule has 1 heterocycles. The Hall–Kier alpha value is -0.640. The molecule has 1 aromatic carbocycles. The van der Waals surface area contributed by atoms with Crippen LogP contribution in [0.1, 0.15) is 17.4 Å². The third kappa shape index (κ3) is 2.73. The van der Waals surface area contributed by atoms with E-state index < -0.39 is 5.60 Å². The van der Waals surface area contributed by atoms with Crippen molar-refractivity contribution in [2.75, 3.05) is 0 Å². The van der Waals surface area contributed by atoms with E-state index in [1.165, 1.54) is 4.88 Å². The van der Waals surface area contributed by atoms with Gasteiger partial charge in [0, 0.05) is 15.8 Å². The fraction of sp³-hybridized carbons (Fsp3) is 0.231. The fourth-order valence-corrected chi connectivity index (χ4v) is 2.78. The number of rotatable bonds is 3. The number of aliphatic hydroxyl groups is 1. The summed E-state index contributed by atoms with van der Waals surface area (Å²) >= 11 is 5.07. The lowest BCUT2D eigenvalue weighted by Gasteiger charge is -2.23. The van der Waals surface area contributed by atoms with Crippen LogP contribution in [0.4, 0.5) is 0 Å². The van der Waals surface area contributed by atoms with Crippen molar-refractivity contribution in [1.82, 2.24) is 0 Å². The van der Waals surface area contributed by atoms with Crippen LogP contribution in [0.15, 0.2) is 46.3 Å². The first-order valence-corrected chi connectivity index (χ1v) is 6.76. The van der Waals surface area contributed by atoms with Crippen molar-refractivity contribution in [2.45, 2.75) is 18.9 Å². The summed E-state index contributed by atoms with van der Waals surface area (Å²) in [5, 5.41) is 12.5. The van der Waals surface area contributed by atoms with Crippen LogP contribution >= 0.6 is 27.3 Å². The van der Waals surface area contributed by atoms with Gasteiger partial charge in [-0.25, -0.2) is 0 Å². The maximum absolute atomic E-state index is 10.4. The average molecular weight is 297 g/mol. The Morgan fingerprint density at radius 3 is 2.50 bits per heavy atom. The molecule has 0 aliphatic heterocycles. The SMILES string of the molecule is CC(O)(Cc1cccs1)c1ccc(Br)cc1. The van der Waals surface area contributed by atoms with Crippen molar-refractivity contribution in [3.63, 3.8) is 0 Å². The van der Waals surface area contributed by atoms with Crippen LogP contribution < -0.4 is 0 Å². The monoisotopic (exact) mass is 296 g/mol. The smallest absolute Gasteiger partial charge is 0.0916 e. The van der Waals surface area contributed by atoms with Gasteiger partial charge < -0.3 is 5.11 Å². The summed E-state index contributed by atoms with van der Waals surface area (Å²) in [5.74, 6) is 0. The zero-order chi connectivity index (χ0) is 11.6. The third-order valence-electron chi connectivity index (χ3n) is 2.56. The van der Waals surface area contributed by atoms with Crippen LogP contribution in [0.2, 0.25) is 0 Å². The second-order valence-electron chi connectivity index (χ2n) is 4.04. The summed E-state index contributed by atoms with van der Waals surface area (Å²) in [7, 11) is 0. The van der Waals surface area contributed by atoms with E-state index in [1.54, 1.807) is 11.3 Å². The third-order valence-corrected chi connectivity index (χ3v) is 3.97. The Bertz CT molecular complexity index is 445. The maximum atomic E-state index is 10.4. The molecular weight excluding hydrogens is 284 g/mol. The largest absolute Gasteiger partial charge is 0.385 e. The first kappa shape index (κ1) is 11.8. The van der Waals surface area contributed by atoms with Gasteiger partial charge in [0.15, 0.2) is 0 Å². The van der Waals surface area contributed by atoms with Gasteiger partial charge in [-0.2, -0.15) is 0 Å². The lowest BCUT2D eigenvalue weighted by Crippen LogP contribution is -2.23. The first-order valence-electron chi connectivity index (χ1n) is 5.09. The first-order chi connectivity index (χ1) is 7.58. The summed E-state index contributed by atoms with van der Waals surface area (Å²) in [6, 6.07) is 11.9. The molecular formula is C13H13BrOS. The van der Waals surface area contributed by atoms with Gasteiger partial charge in [0.1, 0.15) is 0 Å². The van der Waals surface area contributed by atoms with E-state index in [0.717, 1.165) is 10.0 Å². The fourth-order valence-electron chi connectivity index (χ4n) is 1.66. The van der Waals surface area contributed by atoms with Gasteiger partial charge in [0.2, 0.25) is 0 Å². The van der Waals surface area contributed by atoms with E-state index in [0.29, 0.717) is 6.42 Å². The molecule has 0 bridgehead atoms. The van der Waals surface area contributed by atoms with Gasteiger partial charge in [-0.05, 0) is 36.1 Å². The predicted octanol–water partition coefficient (Wildman–Crippen LogP) is 3.96. The second kappa shape index (κ2) is 4.70. The summed E-state index contributed by atoms with van der Waals surface area (Å²) < 4.78 is 1.03. The molecule has 0 saturated carbocycles. The van der Waals surface area contributed by atoms with E-state index in [4.69, 9.17) is 0 Å². The van der Waals surface area contributed by atoms with Gasteiger partial charge in [0.25, 0.3) is 0 Å². The number of halogens is 1. The lowest BCUT2D eigenvalue weighted by molar-refractivity contribution is 0.0585. The highest BCUT2D eigenvalue weighted by Crippen LogP contribution is 2.28. The highest BCUT2D eigenvalue weighted by atomic mass is 79.9. The molecule has 0 spiro atoms. The number of benzene rings is 1. The van der Waals surface area contributed by atoms with E-state index in [9.17, 15) is 5.11 Å². The second-order valence-corrected chi connectivity index (χ2v) is 5.98. The minimum absolute atomic E-state index is 0.659. The van der Waals surface area contributed by atoms with Crippen LogP contribution in [0.3, 0.4) is 0 Å². The molecule has 16 heavy (non-hydrogen) atoms. The summed E-state index contributed by atoms with van der Waals surface area (Å²) in [4.78, 5) is 1.20. The number of hydrogen-bond acceptors (Lipinski definition) is 2.